The summed E-state index contributed by atoms with van der Waals surface area (Å²) in [5.74, 6) is 0.370. The third-order valence-corrected chi connectivity index (χ3v) is 3.98. The highest BCUT2D eigenvalue weighted by Gasteiger charge is 2.16. The number of aryl methyl sites for hydroxylation is 1. The highest BCUT2D eigenvalue weighted by atomic mass is 19.1. The Labute approximate surface area is 142 Å². The molecule has 24 heavy (non-hydrogen) atoms. The molecule has 0 unspecified atom stereocenters. The minimum Gasteiger partial charge on any atom is -0.494 e. The van der Waals surface area contributed by atoms with Gasteiger partial charge in [0.2, 0.25) is 0 Å². The van der Waals surface area contributed by atoms with Gasteiger partial charge in [0.1, 0.15) is 5.82 Å². The molecule has 0 spiro atoms. The first-order valence-corrected chi connectivity index (χ1v) is 7.86. The maximum Gasteiger partial charge on any atom is 0.165 e. The van der Waals surface area contributed by atoms with E-state index < -0.39 is 5.82 Å². The lowest BCUT2D eigenvalue weighted by Gasteiger charge is -2.19. The minimum absolute atomic E-state index is 0.105. The summed E-state index contributed by atoms with van der Waals surface area (Å²) in [6.45, 7) is 4.50. The van der Waals surface area contributed by atoms with E-state index in [9.17, 15) is 4.39 Å². The number of aromatic nitrogens is 1. The van der Waals surface area contributed by atoms with Gasteiger partial charge in [-0.15, -0.1) is 0 Å². The second-order valence-electron chi connectivity index (χ2n) is 5.63. The van der Waals surface area contributed by atoms with Crippen molar-refractivity contribution in [2.24, 2.45) is 0 Å². The molecule has 1 aromatic carbocycles. The van der Waals surface area contributed by atoms with E-state index in [1.165, 1.54) is 13.2 Å². The van der Waals surface area contributed by atoms with Crippen LogP contribution in [-0.4, -0.2) is 31.9 Å². The number of anilines is 2. The van der Waals surface area contributed by atoms with Gasteiger partial charge >= 0.3 is 0 Å². The average Bonchev–Trinajstić information content (AvgIpc) is 2.58. The summed E-state index contributed by atoms with van der Waals surface area (Å²) in [6.07, 6.45) is 2.53. The number of ether oxygens (including phenoxy) is 2. The number of nitrogen functional groups attached to an aromatic ring is 1. The topological polar surface area (TPSA) is 69.4 Å². The van der Waals surface area contributed by atoms with Gasteiger partial charge in [0.25, 0.3) is 0 Å². The van der Waals surface area contributed by atoms with Crippen LogP contribution >= 0.6 is 0 Å². The first-order chi connectivity index (χ1) is 11.5. The van der Waals surface area contributed by atoms with E-state index in [2.05, 4.69) is 17.2 Å². The molecule has 0 saturated heterocycles. The molecule has 0 saturated carbocycles. The van der Waals surface area contributed by atoms with Gasteiger partial charge in [-0.05, 0) is 42.7 Å². The van der Waals surface area contributed by atoms with E-state index >= 15 is 0 Å². The van der Waals surface area contributed by atoms with Crippen molar-refractivity contribution in [3.8, 4) is 16.9 Å². The Morgan fingerprint density at radius 2 is 2.04 bits per heavy atom. The number of hydrogen-bond acceptors (Lipinski definition) is 5. The quantitative estimate of drug-likeness (QED) is 0.810. The molecular weight excluding hydrogens is 309 g/mol. The molecule has 0 fully saturated rings. The summed E-state index contributed by atoms with van der Waals surface area (Å²) in [5.41, 5.74) is 9.10. The van der Waals surface area contributed by atoms with Gasteiger partial charge in [0, 0.05) is 18.9 Å². The smallest absolute Gasteiger partial charge is 0.165 e. The Kier molecular flexibility index (Phi) is 5.98. The fraction of sp³-hybridized carbons (Fsp3) is 0.389. The Balaban J connectivity index is 2.42. The van der Waals surface area contributed by atoms with Crippen molar-refractivity contribution < 1.29 is 13.9 Å². The number of benzene rings is 1. The summed E-state index contributed by atoms with van der Waals surface area (Å²) in [4.78, 5) is 4.31. The minimum atomic E-state index is -0.422. The van der Waals surface area contributed by atoms with Crippen molar-refractivity contribution in [3.05, 3.63) is 35.8 Å². The summed E-state index contributed by atoms with van der Waals surface area (Å²) in [5, 5.41) is 3.29. The van der Waals surface area contributed by atoms with Crippen LogP contribution in [0.4, 0.5) is 15.9 Å². The van der Waals surface area contributed by atoms with Gasteiger partial charge in [0.05, 0.1) is 25.4 Å². The highest BCUT2D eigenvalue weighted by molar-refractivity contribution is 5.85. The molecule has 0 aliphatic carbocycles. The van der Waals surface area contributed by atoms with Gasteiger partial charge in [0.15, 0.2) is 11.6 Å². The van der Waals surface area contributed by atoms with E-state index in [0.29, 0.717) is 18.1 Å². The summed E-state index contributed by atoms with van der Waals surface area (Å²) < 4.78 is 24.3. The number of halogens is 1. The number of rotatable bonds is 7. The van der Waals surface area contributed by atoms with Gasteiger partial charge in [-0.25, -0.2) is 9.37 Å². The van der Waals surface area contributed by atoms with Crippen molar-refractivity contribution in [2.45, 2.75) is 26.3 Å². The number of nitrogens with zero attached hydrogens (tertiary/aromatic N) is 1. The SMILES string of the molecule is CC[C@H](COC)Nc1nccc(-c2cc(F)c(OC)cc2C)c1N. The Hall–Kier alpha value is -2.34. The number of hydrogen-bond donors (Lipinski definition) is 2. The number of nitrogens with one attached hydrogen (secondary N) is 1. The molecule has 0 aliphatic heterocycles. The van der Waals surface area contributed by atoms with Gasteiger partial charge in [-0.2, -0.15) is 0 Å². The van der Waals surface area contributed by atoms with Gasteiger partial charge in [-0.3, -0.25) is 0 Å². The zero-order chi connectivity index (χ0) is 17.7. The summed E-state index contributed by atoms with van der Waals surface area (Å²) >= 11 is 0. The number of nitrogens with two attached hydrogens (primary N) is 1. The molecule has 0 amide bonds. The maximum atomic E-state index is 14.1. The third-order valence-electron chi connectivity index (χ3n) is 3.98. The lowest BCUT2D eigenvalue weighted by Crippen LogP contribution is -2.25. The molecular formula is C18H24FN3O2. The Morgan fingerprint density at radius 1 is 1.29 bits per heavy atom. The molecule has 2 aromatic rings. The monoisotopic (exact) mass is 333 g/mol. The van der Waals surface area contributed by atoms with Crippen LogP contribution in [-0.2, 0) is 4.74 Å². The largest absolute Gasteiger partial charge is 0.494 e. The van der Waals surface area contributed by atoms with Crippen LogP contribution in [0.25, 0.3) is 11.1 Å². The van der Waals surface area contributed by atoms with Crippen LogP contribution in [0.3, 0.4) is 0 Å². The molecule has 2 rings (SSSR count). The molecule has 1 aromatic heterocycles. The standard InChI is InChI=1S/C18H24FN3O2/c1-5-12(10-23-3)22-18-17(20)13(6-7-21-18)14-9-15(19)16(24-4)8-11(14)2/h6-9,12H,5,10,20H2,1-4H3,(H,21,22)/t12-/m1/s1. The molecule has 6 heteroatoms. The summed E-state index contributed by atoms with van der Waals surface area (Å²) in [6, 6.07) is 4.99. The van der Waals surface area contributed by atoms with Crippen molar-refractivity contribution in [1.29, 1.82) is 0 Å². The maximum absolute atomic E-state index is 14.1. The van der Waals surface area contributed by atoms with Crippen molar-refractivity contribution >= 4 is 11.5 Å². The molecule has 0 bridgehead atoms. The van der Waals surface area contributed by atoms with E-state index in [1.54, 1.807) is 25.4 Å². The summed E-state index contributed by atoms with van der Waals surface area (Å²) in [7, 11) is 3.10. The van der Waals surface area contributed by atoms with Crippen molar-refractivity contribution in [3.63, 3.8) is 0 Å². The normalized spacial score (nSPS) is 12.0. The van der Waals surface area contributed by atoms with Gasteiger partial charge in [-0.1, -0.05) is 6.92 Å². The zero-order valence-electron chi connectivity index (χ0n) is 14.5. The number of methoxy groups -OCH3 is 2. The second kappa shape index (κ2) is 7.97. The van der Waals surface area contributed by atoms with Crippen molar-refractivity contribution in [2.75, 3.05) is 31.9 Å². The molecule has 0 aliphatic rings. The molecule has 1 atom stereocenters. The fourth-order valence-corrected chi connectivity index (χ4v) is 2.58. The molecule has 1 heterocycles. The van der Waals surface area contributed by atoms with E-state index in [1.807, 2.05) is 6.92 Å². The second-order valence-corrected chi connectivity index (χ2v) is 5.63. The fourth-order valence-electron chi connectivity index (χ4n) is 2.58. The van der Waals surface area contributed by atoms with E-state index in [0.717, 1.165) is 23.1 Å². The molecule has 5 nitrogen and oxygen atoms in total. The van der Waals surface area contributed by atoms with Gasteiger partial charge < -0.3 is 20.5 Å². The van der Waals surface area contributed by atoms with E-state index in [-0.39, 0.29) is 11.8 Å². The Bertz CT molecular complexity index is 707. The van der Waals surface area contributed by atoms with Crippen molar-refractivity contribution in [1.82, 2.24) is 4.98 Å². The first kappa shape index (κ1) is 18.0. The number of pyridine rings is 1. The molecule has 3 N–H and O–H groups in total. The predicted octanol–water partition coefficient (Wildman–Crippen LogP) is 3.62. The lowest BCUT2D eigenvalue weighted by atomic mass is 9.99. The Morgan fingerprint density at radius 3 is 2.67 bits per heavy atom. The molecule has 0 radical (unpaired) electrons. The van der Waals surface area contributed by atoms with Crippen LogP contribution in [0.1, 0.15) is 18.9 Å². The molecule has 130 valence electrons. The highest BCUT2D eigenvalue weighted by Crippen LogP contribution is 2.35. The third kappa shape index (κ3) is 3.76. The van der Waals surface area contributed by atoms with Crippen LogP contribution in [0, 0.1) is 12.7 Å². The van der Waals surface area contributed by atoms with Crippen LogP contribution in [0.15, 0.2) is 24.4 Å². The lowest BCUT2D eigenvalue weighted by molar-refractivity contribution is 0.184. The average molecular weight is 333 g/mol. The first-order valence-electron chi connectivity index (χ1n) is 7.86. The van der Waals surface area contributed by atoms with Crippen LogP contribution in [0.2, 0.25) is 0 Å². The van der Waals surface area contributed by atoms with Crippen LogP contribution in [0.5, 0.6) is 5.75 Å². The zero-order valence-corrected chi connectivity index (χ0v) is 14.5. The van der Waals surface area contributed by atoms with E-state index in [4.69, 9.17) is 15.2 Å². The predicted molar refractivity (Wildman–Crippen MR) is 94.9 cm³/mol. The van der Waals surface area contributed by atoms with Crippen LogP contribution < -0.4 is 15.8 Å².